The van der Waals surface area contributed by atoms with E-state index in [-0.39, 0.29) is 23.4 Å². The maximum Gasteiger partial charge on any atom is 0.234 e. The number of anilines is 2. The van der Waals surface area contributed by atoms with Gasteiger partial charge in [0.1, 0.15) is 11.6 Å². The van der Waals surface area contributed by atoms with E-state index in [9.17, 15) is 14.0 Å². The van der Waals surface area contributed by atoms with E-state index in [1.165, 1.54) is 37.9 Å². The van der Waals surface area contributed by atoms with Crippen molar-refractivity contribution in [2.45, 2.75) is 12.7 Å². The Hall–Kier alpha value is -2.54. The number of carbonyl (C=O) groups is 2. The lowest BCUT2D eigenvalue weighted by Crippen LogP contribution is -2.14. The van der Waals surface area contributed by atoms with Crippen molar-refractivity contribution in [1.82, 2.24) is 0 Å². The Kier molecular flexibility index (Phi) is 6.82. The molecular formula is C18H19FN2O3S. The molecule has 0 aromatic heterocycles. The molecule has 2 rings (SSSR count). The van der Waals surface area contributed by atoms with E-state index >= 15 is 0 Å². The van der Waals surface area contributed by atoms with Crippen LogP contribution in [-0.4, -0.2) is 24.7 Å². The van der Waals surface area contributed by atoms with Gasteiger partial charge in [0.25, 0.3) is 0 Å². The van der Waals surface area contributed by atoms with Gasteiger partial charge < -0.3 is 15.4 Å². The Morgan fingerprint density at radius 3 is 2.32 bits per heavy atom. The number of hydrogen-bond donors (Lipinski definition) is 2. The van der Waals surface area contributed by atoms with Crippen molar-refractivity contribution >= 4 is 35.0 Å². The molecule has 0 bridgehead atoms. The molecule has 2 amide bonds. The number of amides is 2. The standard InChI is InChI=1S/C18H19FN2O3S/c1-12(22)20-15-4-6-16(7-5-15)21-18(23)11-25-10-13-9-14(19)3-8-17(13)24-2/h3-9H,10-11H2,1-2H3,(H,20,22)(H,21,23). The first-order chi connectivity index (χ1) is 12.0. The molecule has 132 valence electrons. The summed E-state index contributed by atoms with van der Waals surface area (Å²) in [7, 11) is 1.53. The molecule has 0 heterocycles. The molecule has 2 aromatic carbocycles. The second-order valence-corrected chi connectivity index (χ2v) is 6.24. The van der Waals surface area contributed by atoms with Gasteiger partial charge in [-0.3, -0.25) is 9.59 Å². The van der Waals surface area contributed by atoms with Gasteiger partial charge in [0.05, 0.1) is 12.9 Å². The Bertz CT molecular complexity index is 750. The van der Waals surface area contributed by atoms with E-state index in [4.69, 9.17) is 4.74 Å². The lowest BCUT2D eigenvalue weighted by molar-refractivity contribution is -0.114. The molecule has 0 unspecified atom stereocenters. The van der Waals surface area contributed by atoms with E-state index in [0.29, 0.717) is 28.4 Å². The quantitative estimate of drug-likeness (QED) is 0.789. The Morgan fingerprint density at radius 1 is 1.08 bits per heavy atom. The summed E-state index contributed by atoms with van der Waals surface area (Å²) in [4.78, 5) is 22.9. The second-order valence-electron chi connectivity index (χ2n) is 5.26. The van der Waals surface area contributed by atoms with Crippen LogP contribution in [0.3, 0.4) is 0 Å². The van der Waals surface area contributed by atoms with E-state index in [1.807, 2.05) is 0 Å². The third-order valence-corrected chi connectivity index (χ3v) is 4.20. The molecule has 2 aromatic rings. The Balaban J connectivity index is 1.83. The number of benzene rings is 2. The first kappa shape index (κ1) is 18.8. The minimum absolute atomic E-state index is 0.152. The van der Waals surface area contributed by atoms with E-state index in [1.54, 1.807) is 30.3 Å². The molecule has 0 atom stereocenters. The van der Waals surface area contributed by atoms with Crippen LogP contribution in [0.15, 0.2) is 42.5 Å². The summed E-state index contributed by atoms with van der Waals surface area (Å²) in [5, 5.41) is 5.43. The highest BCUT2D eigenvalue weighted by atomic mass is 32.2. The molecule has 0 aliphatic rings. The van der Waals surface area contributed by atoms with Gasteiger partial charge in [0.15, 0.2) is 0 Å². The molecule has 7 heteroatoms. The fourth-order valence-electron chi connectivity index (χ4n) is 2.15. The number of methoxy groups -OCH3 is 1. The van der Waals surface area contributed by atoms with Gasteiger partial charge in [-0.15, -0.1) is 11.8 Å². The highest BCUT2D eigenvalue weighted by Crippen LogP contribution is 2.24. The average molecular weight is 362 g/mol. The molecule has 2 N–H and O–H groups in total. The highest BCUT2D eigenvalue weighted by molar-refractivity contribution is 7.99. The summed E-state index contributed by atoms with van der Waals surface area (Å²) in [6, 6.07) is 11.2. The van der Waals surface area contributed by atoms with Gasteiger partial charge >= 0.3 is 0 Å². The third kappa shape index (κ3) is 6.11. The predicted molar refractivity (Wildman–Crippen MR) is 98.5 cm³/mol. The largest absolute Gasteiger partial charge is 0.496 e. The molecular weight excluding hydrogens is 343 g/mol. The zero-order valence-corrected chi connectivity index (χ0v) is 14.8. The molecule has 0 radical (unpaired) electrons. The highest BCUT2D eigenvalue weighted by Gasteiger charge is 2.08. The van der Waals surface area contributed by atoms with Crippen LogP contribution in [0.1, 0.15) is 12.5 Å². The smallest absolute Gasteiger partial charge is 0.234 e. The van der Waals surface area contributed by atoms with Gasteiger partial charge in [-0.25, -0.2) is 4.39 Å². The van der Waals surface area contributed by atoms with Gasteiger partial charge in [-0.1, -0.05) is 0 Å². The SMILES string of the molecule is COc1ccc(F)cc1CSCC(=O)Nc1ccc(NC(C)=O)cc1. The summed E-state index contributed by atoms with van der Waals surface area (Å²) < 4.78 is 18.5. The van der Waals surface area contributed by atoms with Crippen LogP contribution in [0.2, 0.25) is 0 Å². The van der Waals surface area contributed by atoms with Gasteiger partial charge in [-0.2, -0.15) is 0 Å². The zero-order chi connectivity index (χ0) is 18.2. The normalized spacial score (nSPS) is 10.2. The molecule has 0 aliphatic carbocycles. The van der Waals surface area contributed by atoms with Crippen molar-refractivity contribution in [3.8, 4) is 5.75 Å². The second kappa shape index (κ2) is 9.08. The zero-order valence-electron chi connectivity index (χ0n) is 14.0. The Morgan fingerprint density at radius 2 is 1.72 bits per heavy atom. The number of nitrogens with one attached hydrogen (secondary N) is 2. The monoisotopic (exact) mass is 362 g/mol. The fourth-order valence-corrected chi connectivity index (χ4v) is 2.96. The van der Waals surface area contributed by atoms with E-state index < -0.39 is 0 Å². The first-order valence-electron chi connectivity index (χ1n) is 7.55. The van der Waals surface area contributed by atoms with Crippen LogP contribution in [0.5, 0.6) is 5.75 Å². The lowest BCUT2D eigenvalue weighted by atomic mass is 10.2. The van der Waals surface area contributed by atoms with Crippen LogP contribution in [-0.2, 0) is 15.3 Å². The summed E-state index contributed by atoms with van der Waals surface area (Å²) >= 11 is 1.37. The summed E-state index contributed by atoms with van der Waals surface area (Å²) in [5.41, 5.74) is 2.01. The van der Waals surface area contributed by atoms with Crippen LogP contribution >= 0.6 is 11.8 Å². The number of halogens is 1. The Labute approximate surface area is 150 Å². The van der Waals surface area contributed by atoms with Crippen LogP contribution in [0, 0.1) is 5.82 Å². The van der Waals surface area contributed by atoms with Crippen molar-refractivity contribution in [3.63, 3.8) is 0 Å². The minimum atomic E-state index is -0.333. The summed E-state index contributed by atoms with van der Waals surface area (Å²) in [5.74, 6) is 0.653. The van der Waals surface area contributed by atoms with Crippen molar-refractivity contribution in [2.75, 3.05) is 23.5 Å². The third-order valence-electron chi connectivity index (χ3n) is 3.22. The maximum atomic E-state index is 13.3. The summed E-state index contributed by atoms with van der Waals surface area (Å²) in [6.45, 7) is 1.43. The number of thioether (sulfide) groups is 1. The van der Waals surface area contributed by atoms with Crippen LogP contribution < -0.4 is 15.4 Å². The molecule has 25 heavy (non-hydrogen) atoms. The topological polar surface area (TPSA) is 67.4 Å². The average Bonchev–Trinajstić information content (AvgIpc) is 2.56. The molecule has 5 nitrogen and oxygen atoms in total. The van der Waals surface area contributed by atoms with Crippen molar-refractivity contribution in [2.24, 2.45) is 0 Å². The van der Waals surface area contributed by atoms with E-state index in [0.717, 1.165) is 0 Å². The van der Waals surface area contributed by atoms with Gasteiger partial charge in [-0.05, 0) is 42.5 Å². The van der Waals surface area contributed by atoms with Crippen LogP contribution in [0.25, 0.3) is 0 Å². The van der Waals surface area contributed by atoms with Crippen molar-refractivity contribution < 1.29 is 18.7 Å². The molecule has 0 aliphatic heterocycles. The van der Waals surface area contributed by atoms with Crippen LogP contribution in [0.4, 0.5) is 15.8 Å². The summed E-state index contributed by atoms with van der Waals surface area (Å²) in [6.07, 6.45) is 0. The fraction of sp³-hybridized carbons (Fsp3) is 0.222. The van der Waals surface area contributed by atoms with Crippen molar-refractivity contribution in [1.29, 1.82) is 0 Å². The first-order valence-corrected chi connectivity index (χ1v) is 8.71. The number of carbonyl (C=O) groups excluding carboxylic acids is 2. The van der Waals surface area contributed by atoms with Gasteiger partial charge in [0.2, 0.25) is 11.8 Å². The van der Waals surface area contributed by atoms with E-state index in [2.05, 4.69) is 10.6 Å². The van der Waals surface area contributed by atoms with Gasteiger partial charge in [0, 0.05) is 29.6 Å². The maximum absolute atomic E-state index is 13.3. The lowest BCUT2D eigenvalue weighted by Gasteiger charge is -2.09. The number of hydrogen-bond acceptors (Lipinski definition) is 4. The minimum Gasteiger partial charge on any atom is -0.496 e. The predicted octanol–water partition coefficient (Wildman–Crippen LogP) is 3.66. The molecule has 0 fully saturated rings. The van der Waals surface area contributed by atoms with Crippen molar-refractivity contribution in [3.05, 3.63) is 53.8 Å². The molecule has 0 saturated heterocycles. The molecule has 0 spiro atoms. The molecule has 0 saturated carbocycles. The number of ether oxygens (including phenoxy) is 1. The number of rotatable bonds is 7.